The molecule has 1 saturated heterocycles. The second-order valence-electron chi connectivity index (χ2n) is 6.39. The van der Waals surface area contributed by atoms with E-state index in [9.17, 15) is 4.79 Å². The van der Waals surface area contributed by atoms with Crippen molar-refractivity contribution in [1.29, 1.82) is 0 Å². The molecule has 30 heavy (non-hydrogen) atoms. The van der Waals surface area contributed by atoms with Gasteiger partial charge in [-0.1, -0.05) is 0 Å². The number of fused-ring (bicyclic) bond motifs is 1. The quantitative estimate of drug-likeness (QED) is 0.645. The first-order valence-electron chi connectivity index (χ1n) is 8.87. The molecule has 1 fully saturated rings. The van der Waals surface area contributed by atoms with Crippen LogP contribution in [0.15, 0.2) is 34.9 Å². The van der Waals surface area contributed by atoms with E-state index in [4.69, 9.17) is 19.6 Å². The molecular weight excluding hydrogens is 414 g/mol. The summed E-state index contributed by atoms with van der Waals surface area (Å²) in [4.78, 5) is 25.3. The highest BCUT2D eigenvalue weighted by atomic mass is 35.5. The zero-order valence-electron chi connectivity index (χ0n) is 16.6. The van der Waals surface area contributed by atoms with E-state index in [2.05, 4.69) is 9.97 Å². The molecular formula is C19H24ClN5O5. The summed E-state index contributed by atoms with van der Waals surface area (Å²) in [5.74, 6) is 2.29. The third-order valence-electron chi connectivity index (χ3n) is 4.80. The number of nitrogens with zero attached hydrogens (tertiary/aromatic N) is 4. The minimum absolute atomic E-state index is 0. The highest BCUT2D eigenvalue weighted by Crippen LogP contribution is 2.34. The normalized spacial score (nSPS) is 13.4. The van der Waals surface area contributed by atoms with Gasteiger partial charge in [0.2, 0.25) is 5.95 Å². The van der Waals surface area contributed by atoms with Crippen LogP contribution in [0.2, 0.25) is 0 Å². The van der Waals surface area contributed by atoms with Gasteiger partial charge in [0.05, 0.1) is 26.0 Å². The van der Waals surface area contributed by atoms with Crippen molar-refractivity contribution < 1.29 is 24.2 Å². The standard InChI is InChI=1S/C19H21N5O4.ClH.H2O/c1-26-15-10-12-13(11-16(15)27-2)21-19(22-17(12)20)24-7-5-23(6-8-24)18(25)14-4-3-9-28-14;;/h3-4,9-11H,5-8H2,1-2H3,(H2,20,21,22);1H;1H2. The Hall–Kier alpha value is -3.24. The molecule has 0 atom stereocenters. The number of amides is 1. The maximum absolute atomic E-state index is 12.4. The smallest absolute Gasteiger partial charge is 0.289 e. The molecule has 0 bridgehead atoms. The second kappa shape index (κ2) is 9.51. The molecule has 162 valence electrons. The largest absolute Gasteiger partial charge is 0.493 e. The molecule has 0 saturated carbocycles. The summed E-state index contributed by atoms with van der Waals surface area (Å²) in [6, 6.07) is 6.93. The third kappa shape index (κ3) is 4.19. The average molecular weight is 438 g/mol. The van der Waals surface area contributed by atoms with Crippen LogP contribution in [0, 0.1) is 0 Å². The summed E-state index contributed by atoms with van der Waals surface area (Å²) >= 11 is 0. The summed E-state index contributed by atoms with van der Waals surface area (Å²) < 4.78 is 15.9. The lowest BCUT2D eigenvalue weighted by Gasteiger charge is -2.34. The van der Waals surface area contributed by atoms with Crippen LogP contribution in [0.1, 0.15) is 10.6 Å². The minimum atomic E-state index is -0.111. The molecule has 0 radical (unpaired) electrons. The summed E-state index contributed by atoms with van der Waals surface area (Å²) in [5, 5.41) is 0.702. The van der Waals surface area contributed by atoms with Crippen LogP contribution in [0.25, 0.3) is 10.9 Å². The predicted molar refractivity (Wildman–Crippen MR) is 115 cm³/mol. The molecule has 3 heterocycles. The van der Waals surface area contributed by atoms with Crippen molar-refractivity contribution in [2.75, 3.05) is 51.0 Å². The highest BCUT2D eigenvalue weighted by molar-refractivity contribution is 5.92. The Labute approximate surface area is 179 Å². The summed E-state index contributed by atoms with van der Waals surface area (Å²) in [6.45, 7) is 2.30. The Bertz CT molecular complexity index is 1010. The molecule has 1 aliphatic rings. The maximum Gasteiger partial charge on any atom is 0.289 e. The monoisotopic (exact) mass is 437 g/mol. The number of hydrogen-bond acceptors (Lipinski definition) is 8. The fraction of sp³-hybridized carbons (Fsp3) is 0.316. The third-order valence-corrected chi connectivity index (χ3v) is 4.80. The number of carbonyl (C=O) groups is 1. The lowest BCUT2D eigenvalue weighted by atomic mass is 10.2. The van der Waals surface area contributed by atoms with Crippen molar-refractivity contribution in [3.8, 4) is 11.5 Å². The summed E-state index contributed by atoms with van der Waals surface area (Å²) in [5.41, 5.74) is 6.84. The van der Waals surface area contributed by atoms with Gasteiger partial charge in [-0.2, -0.15) is 4.98 Å². The molecule has 3 aromatic rings. The number of methoxy groups -OCH3 is 2. The van der Waals surface area contributed by atoms with E-state index in [1.54, 1.807) is 43.4 Å². The number of nitrogens with two attached hydrogens (primary N) is 1. The van der Waals surface area contributed by atoms with Crippen LogP contribution in [0.4, 0.5) is 11.8 Å². The number of ether oxygens (including phenoxy) is 2. The van der Waals surface area contributed by atoms with Gasteiger partial charge in [-0.05, 0) is 18.2 Å². The molecule has 1 aromatic carbocycles. The summed E-state index contributed by atoms with van der Waals surface area (Å²) in [7, 11) is 3.14. The van der Waals surface area contributed by atoms with Gasteiger partial charge in [-0.3, -0.25) is 4.79 Å². The Morgan fingerprint density at radius 2 is 1.77 bits per heavy atom. The highest BCUT2D eigenvalue weighted by Gasteiger charge is 2.25. The number of hydrogen-bond donors (Lipinski definition) is 1. The zero-order chi connectivity index (χ0) is 19.7. The number of rotatable bonds is 4. The average Bonchev–Trinajstić information content (AvgIpc) is 3.27. The lowest BCUT2D eigenvalue weighted by molar-refractivity contribution is 0.0714. The van der Waals surface area contributed by atoms with Crippen molar-refractivity contribution in [1.82, 2.24) is 14.9 Å². The van der Waals surface area contributed by atoms with Gasteiger partial charge < -0.3 is 34.9 Å². The van der Waals surface area contributed by atoms with Gasteiger partial charge >= 0.3 is 0 Å². The number of furan rings is 1. The molecule has 2 aromatic heterocycles. The fourth-order valence-corrected chi connectivity index (χ4v) is 3.27. The number of anilines is 2. The molecule has 0 spiro atoms. The van der Waals surface area contributed by atoms with Crippen molar-refractivity contribution >= 4 is 41.0 Å². The first-order chi connectivity index (χ1) is 13.6. The molecule has 1 aliphatic heterocycles. The molecule has 10 nitrogen and oxygen atoms in total. The number of piperazine rings is 1. The predicted octanol–water partition coefficient (Wildman–Crippen LogP) is 1.38. The van der Waals surface area contributed by atoms with E-state index in [0.29, 0.717) is 66.1 Å². The van der Waals surface area contributed by atoms with Crippen molar-refractivity contribution in [3.05, 3.63) is 36.3 Å². The molecule has 0 unspecified atom stereocenters. The van der Waals surface area contributed by atoms with Gasteiger partial charge in [0.1, 0.15) is 5.82 Å². The maximum atomic E-state index is 12.4. The van der Waals surface area contributed by atoms with Gasteiger partial charge in [-0.25, -0.2) is 4.98 Å². The van der Waals surface area contributed by atoms with E-state index in [1.807, 2.05) is 4.90 Å². The SMILES string of the molecule is COc1cc2nc(N3CCN(C(=O)c4ccco4)CC3)nc(N)c2cc1OC.Cl.O. The Balaban J connectivity index is 0.00000160. The molecule has 0 aliphatic carbocycles. The van der Waals surface area contributed by atoms with Gasteiger partial charge in [0.15, 0.2) is 17.3 Å². The number of nitrogen functional groups attached to an aromatic ring is 1. The van der Waals surface area contributed by atoms with E-state index in [1.165, 1.54) is 6.26 Å². The first-order valence-corrected chi connectivity index (χ1v) is 8.87. The number of carbonyl (C=O) groups excluding carboxylic acids is 1. The van der Waals surface area contributed by atoms with Crippen LogP contribution in [-0.2, 0) is 0 Å². The fourth-order valence-electron chi connectivity index (χ4n) is 3.27. The van der Waals surface area contributed by atoms with E-state index < -0.39 is 0 Å². The molecule has 4 N–H and O–H groups in total. The lowest BCUT2D eigenvalue weighted by Crippen LogP contribution is -2.49. The van der Waals surface area contributed by atoms with E-state index in [0.717, 1.165) is 0 Å². The Kier molecular flexibility index (Phi) is 7.30. The Morgan fingerprint density at radius 3 is 2.37 bits per heavy atom. The van der Waals surface area contributed by atoms with Gasteiger partial charge in [0, 0.05) is 37.6 Å². The van der Waals surface area contributed by atoms with Crippen LogP contribution in [-0.4, -0.2) is 66.6 Å². The van der Waals surface area contributed by atoms with Crippen molar-refractivity contribution in [2.24, 2.45) is 0 Å². The van der Waals surface area contributed by atoms with Gasteiger partial charge in [-0.15, -0.1) is 12.4 Å². The van der Waals surface area contributed by atoms with Crippen LogP contribution >= 0.6 is 12.4 Å². The van der Waals surface area contributed by atoms with Crippen LogP contribution in [0.3, 0.4) is 0 Å². The molecule has 4 rings (SSSR count). The van der Waals surface area contributed by atoms with Crippen molar-refractivity contribution in [2.45, 2.75) is 0 Å². The first kappa shape index (κ1) is 23.0. The van der Waals surface area contributed by atoms with Crippen molar-refractivity contribution in [3.63, 3.8) is 0 Å². The molecule has 11 heteroatoms. The van der Waals surface area contributed by atoms with Gasteiger partial charge in [0.25, 0.3) is 5.91 Å². The van der Waals surface area contributed by atoms with E-state index >= 15 is 0 Å². The molecule has 1 amide bonds. The van der Waals surface area contributed by atoms with E-state index in [-0.39, 0.29) is 23.8 Å². The van der Waals surface area contributed by atoms with Crippen LogP contribution < -0.4 is 20.1 Å². The number of benzene rings is 1. The minimum Gasteiger partial charge on any atom is -0.493 e. The second-order valence-corrected chi connectivity index (χ2v) is 6.39. The number of halogens is 1. The number of aromatic nitrogens is 2. The summed E-state index contributed by atoms with van der Waals surface area (Å²) in [6.07, 6.45) is 1.50. The van der Waals surface area contributed by atoms with Crippen LogP contribution in [0.5, 0.6) is 11.5 Å². The Morgan fingerprint density at radius 1 is 1.10 bits per heavy atom. The zero-order valence-corrected chi connectivity index (χ0v) is 17.4. The topological polar surface area (TPSA) is 138 Å².